The molecule has 18 heavy (non-hydrogen) atoms. The molecule has 1 amide bonds. The number of nitrogens with zero attached hydrogens (tertiary/aromatic N) is 3. The number of hydrogen-bond donors (Lipinski definition) is 2. The van der Waals surface area contributed by atoms with E-state index in [1.807, 2.05) is 18.5 Å². The van der Waals surface area contributed by atoms with Gasteiger partial charge in [-0.25, -0.2) is 0 Å². The van der Waals surface area contributed by atoms with Crippen LogP contribution in [0.5, 0.6) is 0 Å². The van der Waals surface area contributed by atoms with Gasteiger partial charge in [-0.3, -0.25) is 4.79 Å². The van der Waals surface area contributed by atoms with Crippen LogP contribution in [0.15, 0.2) is 0 Å². The zero-order chi connectivity index (χ0) is 13.4. The summed E-state index contributed by atoms with van der Waals surface area (Å²) in [5.74, 6) is 1.77. The first-order valence-electron chi connectivity index (χ1n) is 5.96. The number of nitrogens with one attached hydrogen (secondary N) is 2. The number of amides is 1. The van der Waals surface area contributed by atoms with Crippen LogP contribution >= 0.6 is 0 Å². The number of rotatable bonds is 8. The number of ether oxygens (including phenoxy) is 1. The monoisotopic (exact) mass is 255 g/mol. The molecular formula is C11H21N5O2. The minimum absolute atomic E-state index is 0.0219. The third kappa shape index (κ3) is 4.80. The van der Waals surface area contributed by atoms with Gasteiger partial charge in [0.1, 0.15) is 11.6 Å². The van der Waals surface area contributed by atoms with Gasteiger partial charge in [0.15, 0.2) is 0 Å². The van der Waals surface area contributed by atoms with Crippen LogP contribution in [-0.4, -0.2) is 47.5 Å². The van der Waals surface area contributed by atoms with Crippen LogP contribution in [0, 0.1) is 6.92 Å². The molecule has 102 valence electrons. The van der Waals surface area contributed by atoms with Crippen molar-refractivity contribution >= 4 is 5.91 Å². The summed E-state index contributed by atoms with van der Waals surface area (Å²) >= 11 is 0. The topological polar surface area (TPSA) is 81.1 Å². The molecule has 0 radical (unpaired) electrons. The average Bonchev–Trinajstić information content (AvgIpc) is 2.66. The molecule has 2 N–H and O–H groups in total. The predicted molar refractivity (Wildman–Crippen MR) is 66.9 cm³/mol. The Kier molecular flexibility index (Phi) is 6.31. The summed E-state index contributed by atoms with van der Waals surface area (Å²) in [6.45, 7) is 4.22. The maximum absolute atomic E-state index is 11.4. The molecule has 0 aliphatic rings. The van der Waals surface area contributed by atoms with Gasteiger partial charge in [-0.05, 0) is 6.92 Å². The van der Waals surface area contributed by atoms with E-state index in [9.17, 15) is 4.79 Å². The molecule has 7 heteroatoms. The Balaban J connectivity index is 2.11. The maximum atomic E-state index is 11.4. The average molecular weight is 255 g/mol. The van der Waals surface area contributed by atoms with Gasteiger partial charge < -0.3 is 19.9 Å². The van der Waals surface area contributed by atoms with Gasteiger partial charge >= 0.3 is 0 Å². The van der Waals surface area contributed by atoms with Crippen molar-refractivity contribution in [1.82, 2.24) is 25.4 Å². The van der Waals surface area contributed by atoms with Crippen LogP contribution in [0.1, 0.15) is 18.1 Å². The first-order valence-corrected chi connectivity index (χ1v) is 5.96. The minimum Gasteiger partial charge on any atom is -0.383 e. The molecule has 1 rings (SSSR count). The van der Waals surface area contributed by atoms with Gasteiger partial charge in [-0.15, -0.1) is 10.2 Å². The van der Waals surface area contributed by atoms with E-state index >= 15 is 0 Å². The van der Waals surface area contributed by atoms with Crippen molar-refractivity contribution in [2.45, 2.75) is 19.9 Å². The number of aromatic nitrogens is 3. The van der Waals surface area contributed by atoms with Crippen molar-refractivity contribution in [3.05, 3.63) is 11.6 Å². The van der Waals surface area contributed by atoms with Gasteiger partial charge in [0, 0.05) is 33.7 Å². The molecule has 1 heterocycles. The van der Waals surface area contributed by atoms with Crippen molar-refractivity contribution in [2.75, 3.05) is 26.8 Å². The first kappa shape index (κ1) is 14.6. The highest BCUT2D eigenvalue weighted by Crippen LogP contribution is 1.96. The molecule has 0 aromatic carbocycles. The first-order chi connectivity index (χ1) is 8.65. The Morgan fingerprint density at radius 2 is 2.17 bits per heavy atom. The largest absolute Gasteiger partial charge is 0.383 e. The quantitative estimate of drug-likeness (QED) is 0.604. The minimum atomic E-state index is 0.0219. The molecule has 1 aromatic heterocycles. The van der Waals surface area contributed by atoms with Crippen molar-refractivity contribution in [2.24, 2.45) is 7.05 Å². The van der Waals surface area contributed by atoms with Crippen molar-refractivity contribution in [3.63, 3.8) is 0 Å². The highest BCUT2D eigenvalue weighted by molar-refractivity contribution is 5.75. The highest BCUT2D eigenvalue weighted by atomic mass is 16.5. The van der Waals surface area contributed by atoms with E-state index < -0.39 is 0 Å². The Bertz CT molecular complexity index is 378. The van der Waals surface area contributed by atoms with Crippen molar-refractivity contribution in [3.8, 4) is 0 Å². The van der Waals surface area contributed by atoms with Crippen molar-refractivity contribution < 1.29 is 9.53 Å². The molecule has 0 spiro atoms. The summed E-state index contributed by atoms with van der Waals surface area (Å²) in [5, 5.41) is 13.9. The van der Waals surface area contributed by atoms with Crippen LogP contribution in [-0.2, 0) is 23.1 Å². The van der Waals surface area contributed by atoms with E-state index in [-0.39, 0.29) is 5.91 Å². The summed E-state index contributed by atoms with van der Waals surface area (Å²) in [4.78, 5) is 11.4. The predicted octanol–water partition coefficient (Wildman–Crippen LogP) is -0.634. The fourth-order valence-corrected chi connectivity index (χ4v) is 1.39. The smallest absolute Gasteiger partial charge is 0.221 e. The van der Waals surface area contributed by atoms with Crippen LogP contribution in [0.4, 0.5) is 0 Å². The lowest BCUT2D eigenvalue weighted by Gasteiger charge is -2.06. The van der Waals surface area contributed by atoms with E-state index in [0.717, 1.165) is 11.6 Å². The molecule has 0 unspecified atom stereocenters. The second-order valence-electron chi connectivity index (χ2n) is 3.99. The lowest BCUT2D eigenvalue weighted by Crippen LogP contribution is -2.30. The van der Waals surface area contributed by atoms with E-state index in [4.69, 9.17) is 4.74 Å². The summed E-state index contributed by atoms with van der Waals surface area (Å²) in [6.07, 6.45) is 0.445. The van der Waals surface area contributed by atoms with Crippen molar-refractivity contribution in [1.29, 1.82) is 0 Å². The summed E-state index contributed by atoms with van der Waals surface area (Å²) < 4.78 is 6.77. The molecule has 0 saturated carbocycles. The second-order valence-corrected chi connectivity index (χ2v) is 3.99. The molecule has 7 nitrogen and oxygen atoms in total. The number of carbonyl (C=O) groups excluding carboxylic acids is 1. The highest BCUT2D eigenvalue weighted by Gasteiger charge is 2.04. The van der Waals surface area contributed by atoms with E-state index in [1.165, 1.54) is 0 Å². The third-order valence-corrected chi connectivity index (χ3v) is 2.62. The number of methoxy groups -OCH3 is 1. The number of aryl methyl sites for hydroxylation is 1. The normalized spacial score (nSPS) is 10.6. The molecule has 0 saturated heterocycles. The third-order valence-electron chi connectivity index (χ3n) is 2.62. The van der Waals surface area contributed by atoms with Gasteiger partial charge in [0.05, 0.1) is 13.2 Å². The maximum Gasteiger partial charge on any atom is 0.221 e. The van der Waals surface area contributed by atoms with Crippen LogP contribution in [0.3, 0.4) is 0 Å². The van der Waals surface area contributed by atoms with E-state index in [0.29, 0.717) is 32.7 Å². The molecule has 1 aromatic rings. The molecule has 0 atom stereocenters. The second kappa shape index (κ2) is 7.78. The van der Waals surface area contributed by atoms with Crippen LogP contribution in [0.25, 0.3) is 0 Å². The molecule has 0 aliphatic carbocycles. The lowest BCUT2D eigenvalue weighted by atomic mass is 10.4. The van der Waals surface area contributed by atoms with E-state index in [1.54, 1.807) is 7.11 Å². The van der Waals surface area contributed by atoms with Gasteiger partial charge in [0.2, 0.25) is 5.91 Å². The summed E-state index contributed by atoms with van der Waals surface area (Å²) in [5.41, 5.74) is 0. The molecule has 0 bridgehead atoms. The Labute approximate surface area is 107 Å². The number of hydrogen-bond acceptors (Lipinski definition) is 5. The molecule has 0 fully saturated rings. The van der Waals surface area contributed by atoms with Gasteiger partial charge in [-0.2, -0.15) is 0 Å². The van der Waals surface area contributed by atoms with Gasteiger partial charge in [-0.1, -0.05) is 0 Å². The van der Waals surface area contributed by atoms with E-state index in [2.05, 4.69) is 20.8 Å². The SMILES string of the molecule is COCCNC(=O)CCNCc1nnc(C)n1C. The van der Waals surface area contributed by atoms with Crippen LogP contribution in [0.2, 0.25) is 0 Å². The Hall–Kier alpha value is -1.47. The number of carbonyl (C=O) groups is 1. The Morgan fingerprint density at radius 3 is 2.78 bits per heavy atom. The standard InChI is InChI=1S/C11H21N5O2/c1-9-14-15-10(16(9)2)8-12-5-4-11(17)13-6-7-18-3/h12H,4-8H2,1-3H3,(H,13,17). The molecular weight excluding hydrogens is 234 g/mol. The van der Waals surface area contributed by atoms with Gasteiger partial charge in [0.25, 0.3) is 0 Å². The van der Waals surface area contributed by atoms with Crippen LogP contribution < -0.4 is 10.6 Å². The summed E-state index contributed by atoms with van der Waals surface area (Å²) in [7, 11) is 3.53. The summed E-state index contributed by atoms with van der Waals surface area (Å²) in [6, 6.07) is 0. The fraction of sp³-hybridized carbons (Fsp3) is 0.727. The fourth-order valence-electron chi connectivity index (χ4n) is 1.39. The zero-order valence-corrected chi connectivity index (χ0v) is 11.2. The Morgan fingerprint density at radius 1 is 1.39 bits per heavy atom. The zero-order valence-electron chi connectivity index (χ0n) is 11.2. The lowest BCUT2D eigenvalue weighted by molar-refractivity contribution is -0.121. The molecule has 0 aliphatic heterocycles.